The first kappa shape index (κ1) is 15.3. The van der Waals surface area contributed by atoms with E-state index in [0.29, 0.717) is 0 Å². The number of hydrogen-bond donors (Lipinski definition) is 0. The molecule has 2 aliphatic heterocycles. The molecular weight excluding hydrogens is 272 g/mol. The largest absolute Gasteiger partial charge is 0.367 e. The van der Waals surface area contributed by atoms with Crippen molar-refractivity contribution in [3.05, 3.63) is 24.3 Å². The molecule has 0 amide bonds. The summed E-state index contributed by atoms with van der Waals surface area (Å²) in [5, 5.41) is 0. The van der Waals surface area contributed by atoms with Gasteiger partial charge >= 0.3 is 0 Å². The molecule has 0 aliphatic carbocycles. The third kappa shape index (κ3) is 2.98. The summed E-state index contributed by atoms with van der Waals surface area (Å²) in [5.41, 5.74) is 2.56. The molecule has 2 saturated heterocycles. The molecule has 3 rings (SSSR count). The van der Waals surface area contributed by atoms with Gasteiger partial charge < -0.3 is 14.7 Å². The minimum atomic E-state index is 0.171. The molecule has 0 unspecified atom stereocenters. The second kappa shape index (κ2) is 5.92. The fourth-order valence-corrected chi connectivity index (χ4v) is 3.41. The molecule has 0 spiro atoms. The Bertz CT molecular complexity index is 556. The van der Waals surface area contributed by atoms with Crippen molar-refractivity contribution in [1.82, 2.24) is 9.80 Å². The number of benzene rings is 1. The fraction of sp³-hybridized carbons (Fsp3) is 0.611. The van der Waals surface area contributed by atoms with Crippen molar-refractivity contribution in [3.63, 3.8) is 0 Å². The average molecular weight is 300 g/mol. The summed E-state index contributed by atoms with van der Waals surface area (Å²) >= 11 is 0. The lowest BCUT2D eigenvalue weighted by atomic mass is 9.91. The highest BCUT2D eigenvalue weighted by molar-refractivity contribution is 5.92. The van der Waals surface area contributed by atoms with Crippen LogP contribution < -0.4 is 4.90 Å². The first-order chi connectivity index (χ1) is 10.5. The molecule has 0 N–H and O–H groups in total. The van der Waals surface area contributed by atoms with Crippen LogP contribution in [0.1, 0.15) is 20.3 Å². The Hall–Kier alpha value is -1.55. The number of anilines is 1. The van der Waals surface area contributed by atoms with Crippen molar-refractivity contribution in [2.24, 2.45) is 10.4 Å². The van der Waals surface area contributed by atoms with Crippen LogP contribution in [0.2, 0.25) is 0 Å². The lowest BCUT2D eigenvalue weighted by Gasteiger charge is -2.34. The van der Waals surface area contributed by atoms with Gasteiger partial charge in [0.15, 0.2) is 0 Å². The molecule has 0 atom stereocenters. The van der Waals surface area contributed by atoms with E-state index in [2.05, 4.69) is 66.9 Å². The van der Waals surface area contributed by atoms with Crippen LogP contribution in [0, 0.1) is 5.41 Å². The molecule has 0 saturated carbocycles. The van der Waals surface area contributed by atoms with Crippen LogP contribution in [0.15, 0.2) is 29.3 Å². The molecule has 22 heavy (non-hydrogen) atoms. The van der Waals surface area contributed by atoms with Gasteiger partial charge in [0.25, 0.3) is 0 Å². The molecule has 4 nitrogen and oxygen atoms in total. The van der Waals surface area contributed by atoms with Crippen LogP contribution >= 0.6 is 0 Å². The van der Waals surface area contributed by atoms with Gasteiger partial charge in [-0.3, -0.25) is 0 Å². The van der Waals surface area contributed by atoms with E-state index < -0.39 is 0 Å². The number of likely N-dealkylation sites (tertiary alicyclic amines) is 1. The standard InChI is InChI=1S/C18H28N4/c1-18(2)9-10-21(4)17(18)19-15-7-5-6-8-16(15)22-13-11-20(3)12-14-22/h5-8H,9-14H2,1-4H3. The molecule has 1 aromatic rings. The van der Waals surface area contributed by atoms with Crippen molar-refractivity contribution in [2.45, 2.75) is 20.3 Å². The molecule has 0 aromatic heterocycles. The normalized spacial score (nSPS) is 24.3. The molecule has 120 valence electrons. The Balaban J connectivity index is 1.92. The number of amidine groups is 1. The van der Waals surface area contributed by atoms with Crippen LogP contribution in [-0.4, -0.2) is 62.5 Å². The maximum absolute atomic E-state index is 5.07. The molecule has 0 bridgehead atoms. The number of rotatable bonds is 2. The average Bonchev–Trinajstić information content (AvgIpc) is 2.76. The summed E-state index contributed by atoms with van der Waals surface area (Å²) in [6.45, 7) is 10.1. The molecule has 2 fully saturated rings. The first-order valence-corrected chi connectivity index (χ1v) is 8.30. The van der Waals surface area contributed by atoms with Crippen molar-refractivity contribution in [2.75, 3.05) is 51.7 Å². The Kier molecular flexibility index (Phi) is 4.13. The predicted octanol–water partition coefficient (Wildman–Crippen LogP) is 2.83. The summed E-state index contributed by atoms with van der Waals surface area (Å²) in [6.07, 6.45) is 1.18. The topological polar surface area (TPSA) is 22.1 Å². The van der Waals surface area contributed by atoms with Crippen LogP contribution in [0.3, 0.4) is 0 Å². The molecule has 0 radical (unpaired) electrons. The third-order valence-corrected chi connectivity index (χ3v) is 4.99. The van der Waals surface area contributed by atoms with E-state index in [4.69, 9.17) is 4.99 Å². The number of aliphatic imine (C=N–C) groups is 1. The second-order valence-electron chi connectivity index (χ2n) is 7.27. The highest BCUT2D eigenvalue weighted by Gasteiger charge is 2.34. The van der Waals surface area contributed by atoms with E-state index in [1.807, 2.05) is 0 Å². The summed E-state index contributed by atoms with van der Waals surface area (Å²) in [6, 6.07) is 8.59. The SMILES string of the molecule is CN1CCN(c2ccccc2N=C2N(C)CCC2(C)C)CC1. The number of nitrogens with zero attached hydrogens (tertiary/aromatic N) is 4. The molecule has 4 heteroatoms. The molecule has 2 aliphatic rings. The van der Waals surface area contributed by atoms with Crippen LogP contribution in [0.4, 0.5) is 11.4 Å². The van der Waals surface area contributed by atoms with Gasteiger partial charge in [-0.15, -0.1) is 0 Å². The Morgan fingerprint density at radius 2 is 1.64 bits per heavy atom. The summed E-state index contributed by atoms with van der Waals surface area (Å²) in [4.78, 5) is 12.2. The molecule has 1 aromatic carbocycles. The van der Waals surface area contributed by atoms with E-state index in [1.165, 1.54) is 17.9 Å². The van der Waals surface area contributed by atoms with Crippen molar-refractivity contribution < 1.29 is 0 Å². The van der Waals surface area contributed by atoms with Gasteiger partial charge in [0.2, 0.25) is 0 Å². The maximum Gasteiger partial charge on any atom is 0.110 e. The van der Waals surface area contributed by atoms with Crippen LogP contribution in [0.25, 0.3) is 0 Å². The minimum absolute atomic E-state index is 0.171. The summed E-state index contributed by atoms with van der Waals surface area (Å²) in [5.74, 6) is 1.22. The number of hydrogen-bond acceptors (Lipinski definition) is 3. The fourth-order valence-electron chi connectivity index (χ4n) is 3.41. The highest BCUT2D eigenvalue weighted by atomic mass is 15.3. The van der Waals surface area contributed by atoms with Gasteiger partial charge in [-0.2, -0.15) is 0 Å². The van der Waals surface area contributed by atoms with E-state index in [1.54, 1.807) is 0 Å². The van der Waals surface area contributed by atoms with Crippen molar-refractivity contribution >= 4 is 17.2 Å². The summed E-state index contributed by atoms with van der Waals surface area (Å²) in [7, 11) is 4.35. The van der Waals surface area contributed by atoms with Crippen molar-refractivity contribution in [3.8, 4) is 0 Å². The zero-order valence-corrected chi connectivity index (χ0v) is 14.3. The van der Waals surface area contributed by atoms with E-state index in [9.17, 15) is 0 Å². The van der Waals surface area contributed by atoms with Crippen molar-refractivity contribution in [1.29, 1.82) is 0 Å². The van der Waals surface area contributed by atoms with Gasteiger partial charge in [-0.1, -0.05) is 26.0 Å². The van der Waals surface area contributed by atoms with Gasteiger partial charge in [0.1, 0.15) is 5.84 Å². The predicted molar refractivity (Wildman–Crippen MR) is 94.3 cm³/mol. The smallest absolute Gasteiger partial charge is 0.110 e. The van der Waals surface area contributed by atoms with Crippen LogP contribution in [0.5, 0.6) is 0 Å². The van der Waals surface area contributed by atoms with Gasteiger partial charge in [-0.25, -0.2) is 4.99 Å². The Morgan fingerprint density at radius 1 is 0.955 bits per heavy atom. The van der Waals surface area contributed by atoms with Gasteiger partial charge in [-0.05, 0) is 25.6 Å². The number of para-hydroxylation sites is 2. The Morgan fingerprint density at radius 3 is 2.27 bits per heavy atom. The summed E-state index contributed by atoms with van der Waals surface area (Å²) < 4.78 is 0. The zero-order valence-electron chi connectivity index (χ0n) is 14.3. The first-order valence-electron chi connectivity index (χ1n) is 8.30. The van der Waals surface area contributed by atoms with Gasteiger partial charge in [0, 0.05) is 45.2 Å². The van der Waals surface area contributed by atoms with Gasteiger partial charge in [0.05, 0.1) is 11.4 Å². The lowest BCUT2D eigenvalue weighted by Crippen LogP contribution is -2.44. The zero-order chi connectivity index (χ0) is 15.7. The number of likely N-dealkylation sites (N-methyl/N-ethyl adjacent to an activating group) is 1. The third-order valence-electron chi connectivity index (χ3n) is 4.99. The second-order valence-corrected chi connectivity index (χ2v) is 7.27. The monoisotopic (exact) mass is 300 g/mol. The Labute approximate surface area is 134 Å². The highest BCUT2D eigenvalue weighted by Crippen LogP contribution is 2.36. The maximum atomic E-state index is 5.07. The molecule has 2 heterocycles. The lowest BCUT2D eigenvalue weighted by molar-refractivity contribution is 0.313. The molecular formula is C18H28N4. The number of piperazine rings is 1. The van der Waals surface area contributed by atoms with E-state index in [0.717, 1.165) is 38.4 Å². The minimum Gasteiger partial charge on any atom is -0.367 e. The van der Waals surface area contributed by atoms with Crippen LogP contribution in [-0.2, 0) is 0 Å². The van der Waals surface area contributed by atoms with E-state index in [-0.39, 0.29) is 5.41 Å². The quantitative estimate of drug-likeness (QED) is 0.838. The van der Waals surface area contributed by atoms with E-state index >= 15 is 0 Å².